The molecule has 1 aromatic rings. The maximum atomic E-state index is 11.9. The first-order valence-corrected chi connectivity index (χ1v) is 6.58. The fourth-order valence-electron chi connectivity index (χ4n) is 1.76. The number of carbonyl (C=O) groups excluding carboxylic acids is 1. The van der Waals surface area contributed by atoms with E-state index in [4.69, 9.17) is 5.11 Å². The van der Waals surface area contributed by atoms with Crippen LogP contribution >= 0.6 is 0 Å². The minimum Gasteiger partial charge on any atom is -0.396 e. The molecule has 0 aromatic heterocycles. The molecule has 0 spiro atoms. The Bertz CT molecular complexity index is 555. The van der Waals surface area contributed by atoms with Gasteiger partial charge in [-0.15, -0.1) is 0 Å². The summed E-state index contributed by atoms with van der Waals surface area (Å²) in [5.41, 5.74) is 1.13. The maximum absolute atomic E-state index is 11.9. The quantitative estimate of drug-likeness (QED) is 0.572. The number of benzene rings is 1. The first-order valence-electron chi connectivity index (χ1n) is 6.58. The highest BCUT2D eigenvalue weighted by Gasteiger charge is 2.20. The van der Waals surface area contributed by atoms with Crippen LogP contribution < -0.4 is 10.6 Å². The number of carbonyl (C=O) groups is 1. The molecular formula is C14H21N3O4. The number of nitro benzene ring substituents is 1. The van der Waals surface area contributed by atoms with E-state index in [0.717, 1.165) is 5.56 Å². The van der Waals surface area contributed by atoms with E-state index in [1.807, 2.05) is 13.8 Å². The summed E-state index contributed by atoms with van der Waals surface area (Å²) in [7, 11) is 0. The smallest absolute Gasteiger partial charge is 0.319 e. The summed E-state index contributed by atoms with van der Waals surface area (Å²) < 4.78 is 0. The number of nitro groups is 1. The topological polar surface area (TPSA) is 105 Å². The summed E-state index contributed by atoms with van der Waals surface area (Å²) in [5.74, 6) is 0. The molecule has 0 saturated carbocycles. The fraction of sp³-hybridized carbons (Fsp3) is 0.500. The van der Waals surface area contributed by atoms with Gasteiger partial charge in [0.05, 0.1) is 16.2 Å². The first-order chi connectivity index (χ1) is 9.68. The molecule has 116 valence electrons. The molecule has 1 aromatic carbocycles. The van der Waals surface area contributed by atoms with Gasteiger partial charge in [0.15, 0.2) is 0 Å². The Morgan fingerprint density at radius 3 is 2.52 bits per heavy atom. The van der Waals surface area contributed by atoms with E-state index in [2.05, 4.69) is 10.6 Å². The SMILES string of the molecule is Cc1ccc([N+](=O)[O-])c(C)c1NC(=O)NCC(C)(C)CO. The maximum Gasteiger partial charge on any atom is 0.319 e. The average Bonchev–Trinajstić information content (AvgIpc) is 2.41. The van der Waals surface area contributed by atoms with Crippen molar-refractivity contribution in [2.24, 2.45) is 5.41 Å². The van der Waals surface area contributed by atoms with Crippen LogP contribution in [0.5, 0.6) is 0 Å². The van der Waals surface area contributed by atoms with E-state index >= 15 is 0 Å². The van der Waals surface area contributed by atoms with Crippen molar-refractivity contribution in [1.82, 2.24) is 5.32 Å². The molecule has 0 aliphatic rings. The minimum atomic E-state index is -0.479. The van der Waals surface area contributed by atoms with Crippen molar-refractivity contribution in [2.75, 3.05) is 18.5 Å². The molecule has 1 rings (SSSR count). The van der Waals surface area contributed by atoms with Gasteiger partial charge in [-0.25, -0.2) is 4.79 Å². The summed E-state index contributed by atoms with van der Waals surface area (Å²) in [5, 5.41) is 25.3. The molecule has 3 N–H and O–H groups in total. The molecule has 0 aliphatic carbocycles. The molecule has 0 aliphatic heterocycles. The van der Waals surface area contributed by atoms with Crippen LogP contribution in [0, 0.1) is 29.4 Å². The minimum absolute atomic E-state index is 0.0356. The molecule has 0 unspecified atom stereocenters. The Hall–Kier alpha value is -2.15. The van der Waals surface area contributed by atoms with E-state index < -0.39 is 16.4 Å². The van der Waals surface area contributed by atoms with E-state index in [1.54, 1.807) is 19.9 Å². The largest absolute Gasteiger partial charge is 0.396 e. The highest BCUT2D eigenvalue weighted by atomic mass is 16.6. The second-order valence-electron chi connectivity index (χ2n) is 5.79. The van der Waals surface area contributed by atoms with E-state index in [-0.39, 0.29) is 12.3 Å². The molecule has 2 amide bonds. The second kappa shape index (κ2) is 6.53. The predicted molar refractivity (Wildman–Crippen MR) is 80.5 cm³/mol. The Kier molecular flexibility index (Phi) is 5.26. The number of anilines is 1. The van der Waals surface area contributed by atoms with Gasteiger partial charge in [0.2, 0.25) is 0 Å². The zero-order chi connectivity index (χ0) is 16.2. The summed E-state index contributed by atoms with van der Waals surface area (Å²) >= 11 is 0. The number of nitrogens with one attached hydrogen (secondary N) is 2. The zero-order valence-electron chi connectivity index (χ0n) is 12.7. The number of nitrogens with zero attached hydrogens (tertiary/aromatic N) is 1. The molecule has 21 heavy (non-hydrogen) atoms. The number of amides is 2. The normalized spacial score (nSPS) is 11.1. The van der Waals surface area contributed by atoms with Crippen molar-refractivity contribution in [2.45, 2.75) is 27.7 Å². The lowest BCUT2D eigenvalue weighted by Gasteiger charge is -2.22. The number of aliphatic hydroxyl groups is 1. The lowest BCUT2D eigenvalue weighted by molar-refractivity contribution is -0.385. The summed E-state index contributed by atoms with van der Waals surface area (Å²) in [6.45, 7) is 7.24. The highest BCUT2D eigenvalue weighted by molar-refractivity contribution is 5.91. The van der Waals surface area contributed by atoms with Gasteiger partial charge in [-0.1, -0.05) is 19.9 Å². The number of aliphatic hydroxyl groups excluding tert-OH is 1. The molecule has 0 bridgehead atoms. The van der Waals surface area contributed by atoms with Gasteiger partial charge in [0.25, 0.3) is 5.69 Å². The standard InChI is InChI=1S/C14H21N3O4/c1-9-5-6-11(17(20)21)10(2)12(9)16-13(19)15-7-14(3,4)8-18/h5-6,18H,7-8H2,1-4H3,(H2,15,16,19). The highest BCUT2D eigenvalue weighted by Crippen LogP contribution is 2.28. The van der Waals surface area contributed by atoms with Crippen LogP contribution in [-0.2, 0) is 0 Å². The first kappa shape index (κ1) is 16.9. The second-order valence-corrected chi connectivity index (χ2v) is 5.79. The Morgan fingerprint density at radius 1 is 1.38 bits per heavy atom. The summed E-state index contributed by atoms with van der Waals surface area (Å²) in [6.07, 6.45) is 0. The van der Waals surface area contributed by atoms with Gasteiger partial charge in [-0.3, -0.25) is 10.1 Å². The summed E-state index contributed by atoms with van der Waals surface area (Å²) in [6, 6.07) is 2.56. The summed E-state index contributed by atoms with van der Waals surface area (Å²) in [4.78, 5) is 22.3. The molecular weight excluding hydrogens is 274 g/mol. The van der Waals surface area contributed by atoms with Crippen molar-refractivity contribution < 1.29 is 14.8 Å². The van der Waals surface area contributed by atoms with E-state index in [0.29, 0.717) is 17.8 Å². The van der Waals surface area contributed by atoms with Gasteiger partial charge < -0.3 is 15.7 Å². The van der Waals surface area contributed by atoms with Crippen LogP contribution in [0.1, 0.15) is 25.0 Å². The van der Waals surface area contributed by atoms with Gasteiger partial charge in [-0.2, -0.15) is 0 Å². The lowest BCUT2D eigenvalue weighted by Crippen LogP contribution is -2.38. The molecule has 7 nitrogen and oxygen atoms in total. The van der Waals surface area contributed by atoms with Crippen LogP contribution in [0.4, 0.5) is 16.2 Å². The molecule has 0 heterocycles. The Morgan fingerprint density at radius 2 is 2.00 bits per heavy atom. The van der Waals surface area contributed by atoms with Crippen molar-refractivity contribution in [3.05, 3.63) is 33.4 Å². The van der Waals surface area contributed by atoms with Gasteiger partial charge in [0.1, 0.15) is 0 Å². The lowest BCUT2D eigenvalue weighted by atomic mass is 9.95. The van der Waals surface area contributed by atoms with Crippen LogP contribution in [-0.4, -0.2) is 29.2 Å². The molecule has 0 radical (unpaired) electrons. The van der Waals surface area contributed by atoms with Crippen molar-refractivity contribution >= 4 is 17.4 Å². The molecule has 0 saturated heterocycles. The van der Waals surface area contributed by atoms with Crippen LogP contribution in [0.25, 0.3) is 0 Å². The van der Waals surface area contributed by atoms with E-state index in [1.165, 1.54) is 6.07 Å². The number of hydrogen-bond acceptors (Lipinski definition) is 4. The zero-order valence-corrected chi connectivity index (χ0v) is 12.7. The van der Waals surface area contributed by atoms with Crippen molar-refractivity contribution in [3.63, 3.8) is 0 Å². The van der Waals surface area contributed by atoms with Gasteiger partial charge in [-0.05, 0) is 19.4 Å². The van der Waals surface area contributed by atoms with Crippen LogP contribution in [0.2, 0.25) is 0 Å². The number of aryl methyl sites for hydroxylation is 1. The predicted octanol–water partition coefficient (Wildman–Crippen LogP) is 2.35. The Labute approximate surface area is 123 Å². The van der Waals surface area contributed by atoms with Crippen molar-refractivity contribution in [3.8, 4) is 0 Å². The van der Waals surface area contributed by atoms with Gasteiger partial charge in [0, 0.05) is 24.6 Å². The Balaban J connectivity index is 2.86. The molecule has 7 heteroatoms. The average molecular weight is 295 g/mol. The monoisotopic (exact) mass is 295 g/mol. The number of rotatable bonds is 5. The molecule has 0 fully saturated rings. The number of urea groups is 1. The fourth-order valence-corrected chi connectivity index (χ4v) is 1.76. The number of hydrogen-bond donors (Lipinski definition) is 3. The molecule has 0 atom stereocenters. The third kappa shape index (κ3) is 4.42. The van der Waals surface area contributed by atoms with Gasteiger partial charge >= 0.3 is 6.03 Å². The third-order valence-electron chi connectivity index (χ3n) is 3.24. The van der Waals surface area contributed by atoms with E-state index in [9.17, 15) is 14.9 Å². The van der Waals surface area contributed by atoms with Crippen LogP contribution in [0.15, 0.2) is 12.1 Å². The third-order valence-corrected chi connectivity index (χ3v) is 3.24. The van der Waals surface area contributed by atoms with Crippen molar-refractivity contribution in [1.29, 1.82) is 0 Å². The van der Waals surface area contributed by atoms with Crippen LogP contribution in [0.3, 0.4) is 0 Å².